The highest BCUT2D eigenvalue weighted by Crippen LogP contribution is 2.07. The summed E-state index contributed by atoms with van der Waals surface area (Å²) in [5.41, 5.74) is 1.17. The number of aryl methyl sites for hydroxylation is 1. The lowest BCUT2D eigenvalue weighted by Gasteiger charge is -2.21. The Bertz CT molecular complexity index is 246. The normalized spacial score (nSPS) is 9.81. The van der Waals surface area contributed by atoms with Crippen molar-refractivity contribution in [2.24, 2.45) is 0 Å². The number of likely N-dealkylation sites (N-methyl/N-ethyl adjacent to an activating group) is 1. The maximum Gasteiger partial charge on any atom is 0.115 e. The van der Waals surface area contributed by atoms with Crippen LogP contribution in [-0.2, 0) is 0 Å². The molecule has 1 aromatic carbocycles. The highest BCUT2D eigenvalue weighted by atomic mass is 35.5. The van der Waals surface area contributed by atoms with Gasteiger partial charge >= 0.3 is 0 Å². The van der Waals surface area contributed by atoms with Crippen molar-refractivity contribution < 1.29 is 27.1 Å². The topological polar surface area (TPSA) is 40.5 Å². The van der Waals surface area contributed by atoms with Crippen LogP contribution in [0.2, 0.25) is 0 Å². The van der Waals surface area contributed by atoms with Crippen molar-refractivity contribution in [1.82, 2.24) is 0 Å². The fraction of sp³-hybridized carbons (Fsp3) is 0.500. The Kier molecular flexibility index (Phi) is 9.24. The molecule has 1 rings (SSSR count). The zero-order chi connectivity index (χ0) is 11.9. The van der Waals surface area contributed by atoms with Gasteiger partial charge in [-0.05, 0) is 19.1 Å². The van der Waals surface area contributed by atoms with E-state index in [9.17, 15) is 0 Å². The van der Waals surface area contributed by atoms with Gasteiger partial charge in [-0.2, -0.15) is 0 Å². The molecule has 2 N–H and O–H groups in total. The fourth-order valence-corrected chi connectivity index (χ4v) is 0.845. The number of hydrogen-bond acceptors (Lipinski definition) is 2. The monoisotopic (exact) mass is 247 g/mol. The Morgan fingerprint density at radius 1 is 1.06 bits per heavy atom. The molecule has 16 heavy (non-hydrogen) atoms. The number of rotatable bonds is 2. The van der Waals surface area contributed by atoms with Crippen LogP contribution < -0.4 is 12.4 Å². The zero-order valence-corrected chi connectivity index (χ0v) is 11.2. The third-order valence-electron chi connectivity index (χ3n) is 1.80. The van der Waals surface area contributed by atoms with E-state index >= 15 is 0 Å². The first-order valence-corrected chi connectivity index (χ1v) is 5.02. The molecule has 94 valence electrons. The SMILES string of the molecule is C[N+](C)(C)CCO.Cc1ccc(O)cc1.[Cl-]. The summed E-state index contributed by atoms with van der Waals surface area (Å²) in [5, 5.41) is 17.1. The molecule has 0 heterocycles. The molecule has 1 aromatic rings. The Morgan fingerprint density at radius 3 is 1.69 bits per heavy atom. The van der Waals surface area contributed by atoms with Crippen LogP contribution in [0.4, 0.5) is 0 Å². The predicted molar refractivity (Wildman–Crippen MR) is 62.8 cm³/mol. The van der Waals surface area contributed by atoms with Crippen LogP contribution in [0.5, 0.6) is 5.75 Å². The van der Waals surface area contributed by atoms with Crippen LogP contribution >= 0.6 is 0 Å². The first-order valence-electron chi connectivity index (χ1n) is 5.02. The Labute approximate surface area is 104 Å². The summed E-state index contributed by atoms with van der Waals surface area (Å²) in [4.78, 5) is 0. The van der Waals surface area contributed by atoms with Crippen LogP contribution in [0.3, 0.4) is 0 Å². The van der Waals surface area contributed by atoms with E-state index in [0.29, 0.717) is 5.75 Å². The number of hydrogen-bond donors (Lipinski definition) is 2. The van der Waals surface area contributed by atoms with E-state index in [2.05, 4.69) is 21.1 Å². The first-order chi connectivity index (χ1) is 6.85. The van der Waals surface area contributed by atoms with Crippen molar-refractivity contribution >= 4 is 0 Å². The second-order valence-corrected chi connectivity index (χ2v) is 4.57. The number of phenolic OH excluding ortho intramolecular Hbond substituents is 1. The minimum Gasteiger partial charge on any atom is -1.00 e. The number of aliphatic hydroxyl groups is 1. The predicted octanol–water partition coefficient (Wildman–Crippen LogP) is -1.61. The van der Waals surface area contributed by atoms with E-state index in [4.69, 9.17) is 10.2 Å². The molecule has 0 aromatic heterocycles. The van der Waals surface area contributed by atoms with Gasteiger partial charge in [0.25, 0.3) is 0 Å². The molecule has 0 atom stereocenters. The Hall–Kier alpha value is -0.770. The summed E-state index contributed by atoms with van der Waals surface area (Å²) < 4.78 is 0.844. The van der Waals surface area contributed by atoms with E-state index in [0.717, 1.165) is 11.0 Å². The summed E-state index contributed by atoms with van der Waals surface area (Å²) in [6, 6.07) is 7.09. The minimum atomic E-state index is 0. The number of aromatic hydroxyl groups is 1. The van der Waals surface area contributed by atoms with E-state index in [1.165, 1.54) is 5.56 Å². The van der Waals surface area contributed by atoms with Gasteiger partial charge in [-0.25, -0.2) is 0 Å². The molecular formula is C12H22ClNO2. The van der Waals surface area contributed by atoms with Crippen molar-refractivity contribution in [1.29, 1.82) is 0 Å². The molecule has 3 nitrogen and oxygen atoms in total. The molecule has 0 aliphatic rings. The molecule has 4 heteroatoms. The molecule has 0 radical (unpaired) electrons. The minimum absolute atomic E-state index is 0. The highest BCUT2D eigenvalue weighted by molar-refractivity contribution is 5.24. The highest BCUT2D eigenvalue weighted by Gasteiger charge is 2.02. The summed E-state index contributed by atoms with van der Waals surface area (Å²) in [5.74, 6) is 0.329. The maximum absolute atomic E-state index is 8.76. The van der Waals surface area contributed by atoms with E-state index in [1.807, 2.05) is 19.1 Å². The molecular weight excluding hydrogens is 226 g/mol. The van der Waals surface area contributed by atoms with Gasteiger partial charge in [0.15, 0.2) is 0 Å². The molecule has 0 amide bonds. The third kappa shape index (κ3) is 11.3. The largest absolute Gasteiger partial charge is 1.00 e. The van der Waals surface area contributed by atoms with Crippen LogP contribution in [-0.4, -0.2) is 49.0 Å². The van der Waals surface area contributed by atoms with Gasteiger partial charge in [0.05, 0.1) is 27.7 Å². The van der Waals surface area contributed by atoms with E-state index in [1.54, 1.807) is 12.1 Å². The average molecular weight is 248 g/mol. The van der Waals surface area contributed by atoms with Gasteiger partial charge < -0.3 is 27.1 Å². The van der Waals surface area contributed by atoms with Gasteiger partial charge in [0.2, 0.25) is 0 Å². The molecule has 0 bridgehead atoms. The van der Waals surface area contributed by atoms with Crippen molar-refractivity contribution in [2.45, 2.75) is 6.92 Å². The molecule has 0 unspecified atom stereocenters. The smallest absolute Gasteiger partial charge is 0.115 e. The first kappa shape index (κ1) is 17.6. The fourth-order valence-electron chi connectivity index (χ4n) is 0.845. The molecule has 0 fully saturated rings. The summed E-state index contributed by atoms with van der Waals surface area (Å²) >= 11 is 0. The molecule has 0 aliphatic heterocycles. The number of nitrogens with zero attached hydrogens (tertiary/aromatic N) is 1. The number of halogens is 1. The molecule has 0 aliphatic carbocycles. The number of aliphatic hydroxyl groups excluding tert-OH is 1. The summed E-state index contributed by atoms with van der Waals surface area (Å²) in [6.07, 6.45) is 0. The lowest BCUT2D eigenvalue weighted by atomic mass is 10.2. The third-order valence-corrected chi connectivity index (χ3v) is 1.80. The number of phenols is 1. The van der Waals surface area contributed by atoms with Gasteiger partial charge in [-0.3, -0.25) is 0 Å². The van der Waals surface area contributed by atoms with Crippen LogP contribution in [0.1, 0.15) is 5.56 Å². The lowest BCUT2D eigenvalue weighted by Crippen LogP contribution is -3.00. The van der Waals surface area contributed by atoms with Crippen LogP contribution in [0.15, 0.2) is 24.3 Å². The maximum atomic E-state index is 8.76. The van der Waals surface area contributed by atoms with Gasteiger partial charge in [-0.1, -0.05) is 17.7 Å². The van der Waals surface area contributed by atoms with E-state index < -0.39 is 0 Å². The zero-order valence-electron chi connectivity index (χ0n) is 10.4. The summed E-state index contributed by atoms with van der Waals surface area (Å²) in [7, 11) is 6.16. The quantitative estimate of drug-likeness (QED) is 0.618. The second-order valence-electron chi connectivity index (χ2n) is 4.57. The Balaban J connectivity index is 0. The van der Waals surface area contributed by atoms with Gasteiger partial charge in [0.1, 0.15) is 12.3 Å². The second kappa shape index (κ2) is 8.39. The van der Waals surface area contributed by atoms with Crippen molar-refractivity contribution in [3.63, 3.8) is 0 Å². The van der Waals surface area contributed by atoms with Crippen molar-refractivity contribution in [3.05, 3.63) is 29.8 Å². The van der Waals surface area contributed by atoms with Crippen molar-refractivity contribution in [2.75, 3.05) is 34.3 Å². The van der Waals surface area contributed by atoms with Crippen LogP contribution in [0.25, 0.3) is 0 Å². The van der Waals surface area contributed by atoms with Crippen LogP contribution in [0, 0.1) is 6.92 Å². The number of benzene rings is 1. The molecule has 0 spiro atoms. The van der Waals surface area contributed by atoms with Gasteiger partial charge in [-0.15, -0.1) is 0 Å². The lowest BCUT2D eigenvalue weighted by molar-refractivity contribution is -0.870. The molecule has 0 saturated carbocycles. The standard InChI is InChI=1S/C7H8O.C5H14NO.ClH/c1-6-2-4-7(8)5-3-6;1-6(2,3)4-5-7;/h2-5,8H,1H3;7H,4-5H2,1-3H3;1H/q;+1;/p-1. The molecule has 0 saturated heterocycles. The number of quaternary nitrogens is 1. The summed E-state index contributed by atoms with van der Waals surface area (Å²) in [6.45, 7) is 3.10. The Morgan fingerprint density at radius 2 is 1.50 bits per heavy atom. The average Bonchev–Trinajstić information content (AvgIpc) is 2.09. The van der Waals surface area contributed by atoms with Crippen molar-refractivity contribution in [3.8, 4) is 5.75 Å². The van der Waals surface area contributed by atoms with E-state index in [-0.39, 0.29) is 19.0 Å². The van der Waals surface area contributed by atoms with Gasteiger partial charge in [0, 0.05) is 0 Å².